The fourth-order valence-corrected chi connectivity index (χ4v) is 3.16. The molecule has 2 aromatic rings. The Morgan fingerprint density at radius 2 is 1.96 bits per heavy atom. The van der Waals surface area contributed by atoms with Crippen molar-refractivity contribution in [2.75, 3.05) is 27.4 Å². The Labute approximate surface area is 145 Å². The highest BCUT2D eigenvalue weighted by atomic mass is 32.2. The predicted molar refractivity (Wildman–Crippen MR) is 90.2 cm³/mol. The molecule has 2 N–H and O–H groups in total. The molecule has 0 radical (unpaired) electrons. The molecule has 0 saturated carbocycles. The minimum absolute atomic E-state index is 0.0789. The second-order valence-corrected chi connectivity index (χ2v) is 6.80. The quantitative estimate of drug-likeness (QED) is 0.678. The van der Waals surface area contributed by atoms with E-state index in [1.54, 1.807) is 12.1 Å². The number of rotatable bonds is 8. The van der Waals surface area contributed by atoms with Crippen molar-refractivity contribution >= 4 is 16.0 Å². The van der Waals surface area contributed by atoms with Crippen molar-refractivity contribution < 1.29 is 27.8 Å². The zero-order chi connectivity index (χ0) is 18.4. The van der Waals surface area contributed by atoms with E-state index in [0.717, 1.165) is 6.07 Å². The molecule has 0 unspecified atom stereocenters. The molecule has 134 valence electrons. The van der Waals surface area contributed by atoms with E-state index in [1.165, 1.54) is 32.5 Å². The normalized spacial score (nSPS) is 11.3. The van der Waals surface area contributed by atoms with Crippen LogP contribution in [0.15, 0.2) is 41.4 Å². The molecule has 1 aromatic carbocycles. The highest BCUT2D eigenvalue weighted by Crippen LogP contribution is 2.25. The van der Waals surface area contributed by atoms with Crippen LogP contribution in [-0.4, -0.2) is 51.8 Å². The lowest BCUT2D eigenvalue weighted by Gasteiger charge is -2.10. The van der Waals surface area contributed by atoms with E-state index in [0.29, 0.717) is 17.0 Å². The van der Waals surface area contributed by atoms with Gasteiger partial charge in [0.2, 0.25) is 15.9 Å². The summed E-state index contributed by atoms with van der Waals surface area (Å²) in [5.74, 6) is -0.830. The smallest absolute Gasteiger partial charge is 0.335 e. The van der Waals surface area contributed by atoms with E-state index in [2.05, 4.69) is 9.71 Å². The van der Waals surface area contributed by atoms with E-state index in [1.807, 2.05) is 0 Å². The number of benzene rings is 1. The molecule has 0 fully saturated rings. The lowest BCUT2D eigenvalue weighted by molar-refractivity contribution is 0.0696. The van der Waals surface area contributed by atoms with Crippen molar-refractivity contribution in [2.45, 2.75) is 4.90 Å². The largest absolute Gasteiger partial charge is 0.481 e. The number of hydrogen-bond acceptors (Lipinski definition) is 6. The fraction of sp³-hybridized carbons (Fsp3) is 0.250. The number of nitrogens with zero attached hydrogens (tertiary/aromatic N) is 1. The van der Waals surface area contributed by atoms with E-state index < -0.39 is 16.0 Å². The van der Waals surface area contributed by atoms with Crippen LogP contribution in [-0.2, 0) is 14.8 Å². The average Bonchev–Trinajstić information content (AvgIpc) is 2.61. The van der Waals surface area contributed by atoms with Gasteiger partial charge in [0, 0.05) is 31.5 Å². The minimum Gasteiger partial charge on any atom is -0.481 e. The van der Waals surface area contributed by atoms with Gasteiger partial charge in [-0.3, -0.25) is 0 Å². The molecule has 0 aliphatic carbocycles. The van der Waals surface area contributed by atoms with E-state index in [-0.39, 0.29) is 23.6 Å². The van der Waals surface area contributed by atoms with Gasteiger partial charge in [0.05, 0.1) is 24.2 Å². The number of hydrogen-bond donors (Lipinski definition) is 2. The Morgan fingerprint density at radius 1 is 1.20 bits per heavy atom. The van der Waals surface area contributed by atoms with Gasteiger partial charge in [-0.2, -0.15) is 0 Å². The Bertz CT molecular complexity index is 849. The molecule has 1 heterocycles. The van der Waals surface area contributed by atoms with Gasteiger partial charge in [-0.25, -0.2) is 22.9 Å². The summed E-state index contributed by atoms with van der Waals surface area (Å²) in [7, 11) is -0.942. The minimum atomic E-state index is -3.87. The SMILES string of the molecule is COCCNS(=O)(=O)c1cc(C(=O)O)cc(-c2ccc(OC)nc2)c1. The molecule has 0 aliphatic heterocycles. The summed E-state index contributed by atoms with van der Waals surface area (Å²) in [6.07, 6.45) is 1.48. The Morgan fingerprint density at radius 3 is 2.52 bits per heavy atom. The predicted octanol–water partition coefficient (Wildman–Crippen LogP) is 1.38. The van der Waals surface area contributed by atoms with Crippen molar-refractivity contribution in [3.8, 4) is 17.0 Å². The van der Waals surface area contributed by atoms with Gasteiger partial charge < -0.3 is 14.6 Å². The lowest BCUT2D eigenvalue weighted by Crippen LogP contribution is -2.27. The number of aromatic nitrogens is 1. The van der Waals surface area contributed by atoms with E-state index in [4.69, 9.17) is 9.47 Å². The third-order valence-electron chi connectivity index (χ3n) is 3.34. The van der Waals surface area contributed by atoms with Crippen LogP contribution >= 0.6 is 0 Å². The molecule has 2 rings (SSSR count). The fourth-order valence-electron chi connectivity index (χ4n) is 2.08. The van der Waals surface area contributed by atoms with Crippen molar-refractivity contribution in [3.63, 3.8) is 0 Å². The summed E-state index contributed by atoms with van der Waals surface area (Å²) in [6.45, 7) is 0.280. The average molecular weight is 366 g/mol. The standard InChI is InChI=1S/C16H18N2O6S/c1-23-6-5-18-25(21,22)14-8-12(7-13(9-14)16(19)20)11-3-4-15(24-2)17-10-11/h3-4,7-10,18H,5-6H2,1-2H3,(H,19,20). The molecular weight excluding hydrogens is 348 g/mol. The van der Waals surface area contributed by atoms with Gasteiger partial charge in [-0.05, 0) is 29.8 Å². The first-order valence-corrected chi connectivity index (χ1v) is 8.73. The van der Waals surface area contributed by atoms with Crippen molar-refractivity contribution in [3.05, 3.63) is 42.1 Å². The molecule has 0 saturated heterocycles. The van der Waals surface area contributed by atoms with Crippen LogP contribution in [0, 0.1) is 0 Å². The number of nitrogens with one attached hydrogen (secondary N) is 1. The first-order chi connectivity index (χ1) is 11.9. The maximum absolute atomic E-state index is 12.4. The van der Waals surface area contributed by atoms with Crippen LogP contribution in [0.1, 0.15) is 10.4 Å². The van der Waals surface area contributed by atoms with Crippen molar-refractivity contribution in [1.29, 1.82) is 0 Å². The molecule has 9 heteroatoms. The maximum atomic E-state index is 12.4. The second-order valence-electron chi connectivity index (χ2n) is 5.03. The molecule has 25 heavy (non-hydrogen) atoms. The van der Waals surface area contributed by atoms with Crippen LogP contribution < -0.4 is 9.46 Å². The van der Waals surface area contributed by atoms with Gasteiger partial charge in [0.1, 0.15) is 0 Å². The number of carboxylic acids is 1. The van der Waals surface area contributed by atoms with Crippen LogP contribution in [0.5, 0.6) is 5.88 Å². The van der Waals surface area contributed by atoms with Gasteiger partial charge in [0.15, 0.2) is 0 Å². The molecule has 0 amide bonds. The molecule has 0 atom stereocenters. The highest BCUT2D eigenvalue weighted by molar-refractivity contribution is 7.89. The molecule has 0 spiro atoms. The number of methoxy groups -OCH3 is 2. The van der Waals surface area contributed by atoms with Crippen molar-refractivity contribution in [1.82, 2.24) is 9.71 Å². The Hall–Kier alpha value is -2.49. The number of carbonyl (C=O) groups is 1. The molecule has 0 aliphatic rings. The maximum Gasteiger partial charge on any atom is 0.335 e. The second kappa shape index (κ2) is 8.06. The van der Waals surface area contributed by atoms with Gasteiger partial charge in [0.25, 0.3) is 0 Å². The topological polar surface area (TPSA) is 115 Å². The first kappa shape index (κ1) is 18.8. The summed E-state index contributed by atoms with van der Waals surface area (Å²) in [6, 6.07) is 7.16. The Balaban J connectivity index is 2.47. The van der Waals surface area contributed by atoms with Crippen molar-refractivity contribution in [2.24, 2.45) is 0 Å². The first-order valence-electron chi connectivity index (χ1n) is 7.25. The third-order valence-corrected chi connectivity index (χ3v) is 4.78. The van der Waals surface area contributed by atoms with Crippen LogP contribution in [0.4, 0.5) is 0 Å². The van der Waals surface area contributed by atoms with Gasteiger partial charge in [-0.15, -0.1) is 0 Å². The molecule has 8 nitrogen and oxygen atoms in total. The lowest BCUT2D eigenvalue weighted by atomic mass is 10.0. The van der Waals surface area contributed by atoms with Crippen LogP contribution in [0.25, 0.3) is 11.1 Å². The Kier molecular flexibility index (Phi) is 6.07. The van der Waals surface area contributed by atoms with E-state index in [9.17, 15) is 18.3 Å². The zero-order valence-corrected chi connectivity index (χ0v) is 14.5. The molecule has 0 bridgehead atoms. The number of carboxylic acid groups (broad SMARTS) is 1. The van der Waals surface area contributed by atoms with E-state index >= 15 is 0 Å². The summed E-state index contributed by atoms with van der Waals surface area (Å²) < 4.78 is 36.9. The van der Waals surface area contributed by atoms with Crippen LogP contribution in [0.3, 0.4) is 0 Å². The monoisotopic (exact) mass is 366 g/mol. The molecular formula is C16H18N2O6S. The van der Waals surface area contributed by atoms with Crippen LogP contribution in [0.2, 0.25) is 0 Å². The van der Waals surface area contributed by atoms with Gasteiger partial charge in [-0.1, -0.05) is 0 Å². The number of ether oxygens (including phenoxy) is 2. The summed E-state index contributed by atoms with van der Waals surface area (Å²) in [4.78, 5) is 15.3. The molecule has 1 aromatic heterocycles. The summed E-state index contributed by atoms with van der Waals surface area (Å²) in [5, 5.41) is 9.27. The number of pyridine rings is 1. The zero-order valence-electron chi connectivity index (χ0n) is 13.7. The summed E-state index contributed by atoms with van der Waals surface area (Å²) in [5.41, 5.74) is 0.847. The number of aromatic carboxylic acids is 1. The van der Waals surface area contributed by atoms with Gasteiger partial charge >= 0.3 is 5.97 Å². The summed E-state index contributed by atoms with van der Waals surface area (Å²) >= 11 is 0. The highest BCUT2D eigenvalue weighted by Gasteiger charge is 2.18. The number of sulfonamides is 1. The third kappa shape index (κ3) is 4.75.